The SMILES string of the molecule is COCCNC(=O)CNc1nccn1C. The van der Waals surface area contributed by atoms with Crippen LogP contribution >= 0.6 is 0 Å². The first-order chi connectivity index (χ1) is 7.24. The Kier molecular flexibility index (Phi) is 4.62. The van der Waals surface area contributed by atoms with Crippen LogP contribution in [-0.2, 0) is 16.6 Å². The summed E-state index contributed by atoms with van der Waals surface area (Å²) >= 11 is 0. The molecular weight excluding hydrogens is 196 g/mol. The number of carbonyl (C=O) groups excluding carboxylic acids is 1. The van der Waals surface area contributed by atoms with Crippen molar-refractivity contribution in [2.24, 2.45) is 7.05 Å². The zero-order valence-electron chi connectivity index (χ0n) is 8.99. The molecule has 0 radical (unpaired) electrons. The zero-order chi connectivity index (χ0) is 11.1. The van der Waals surface area contributed by atoms with E-state index in [4.69, 9.17) is 4.74 Å². The summed E-state index contributed by atoms with van der Waals surface area (Å²) in [6.45, 7) is 1.26. The van der Waals surface area contributed by atoms with Gasteiger partial charge in [-0.05, 0) is 0 Å². The molecular formula is C9H16N4O2. The third kappa shape index (κ3) is 3.99. The Hall–Kier alpha value is -1.56. The Morgan fingerprint density at radius 3 is 3.07 bits per heavy atom. The molecule has 84 valence electrons. The van der Waals surface area contributed by atoms with Crippen LogP contribution in [-0.4, -0.2) is 42.3 Å². The lowest BCUT2D eigenvalue weighted by Gasteiger charge is -2.06. The highest BCUT2D eigenvalue weighted by molar-refractivity contribution is 5.80. The molecule has 1 heterocycles. The highest BCUT2D eigenvalue weighted by atomic mass is 16.5. The van der Waals surface area contributed by atoms with E-state index in [1.807, 2.05) is 17.8 Å². The molecule has 0 spiro atoms. The molecule has 1 aromatic rings. The van der Waals surface area contributed by atoms with Gasteiger partial charge in [-0.3, -0.25) is 4.79 Å². The first-order valence-electron chi connectivity index (χ1n) is 4.71. The van der Waals surface area contributed by atoms with Gasteiger partial charge >= 0.3 is 0 Å². The predicted molar refractivity (Wildman–Crippen MR) is 56.6 cm³/mol. The van der Waals surface area contributed by atoms with Gasteiger partial charge in [-0.1, -0.05) is 0 Å². The topological polar surface area (TPSA) is 68.2 Å². The fourth-order valence-corrected chi connectivity index (χ4v) is 1.05. The van der Waals surface area contributed by atoms with Crippen molar-refractivity contribution in [3.05, 3.63) is 12.4 Å². The highest BCUT2D eigenvalue weighted by Gasteiger charge is 2.02. The first-order valence-corrected chi connectivity index (χ1v) is 4.71. The Morgan fingerprint density at radius 2 is 2.47 bits per heavy atom. The smallest absolute Gasteiger partial charge is 0.239 e. The van der Waals surface area contributed by atoms with Gasteiger partial charge in [-0.15, -0.1) is 0 Å². The van der Waals surface area contributed by atoms with Crippen LogP contribution in [0.5, 0.6) is 0 Å². The highest BCUT2D eigenvalue weighted by Crippen LogP contribution is 1.98. The van der Waals surface area contributed by atoms with Crippen molar-refractivity contribution >= 4 is 11.9 Å². The van der Waals surface area contributed by atoms with Crippen LogP contribution in [0.25, 0.3) is 0 Å². The Labute approximate surface area is 88.6 Å². The second-order valence-corrected chi connectivity index (χ2v) is 3.06. The largest absolute Gasteiger partial charge is 0.383 e. The molecule has 0 aliphatic heterocycles. The summed E-state index contributed by atoms with van der Waals surface area (Å²) in [4.78, 5) is 15.3. The third-order valence-corrected chi connectivity index (χ3v) is 1.86. The maximum absolute atomic E-state index is 11.3. The minimum absolute atomic E-state index is 0.0740. The molecule has 1 amide bonds. The number of nitrogens with zero attached hydrogens (tertiary/aromatic N) is 2. The van der Waals surface area contributed by atoms with Gasteiger partial charge in [0.05, 0.1) is 13.2 Å². The molecule has 1 rings (SSSR count). The van der Waals surface area contributed by atoms with Crippen molar-refractivity contribution < 1.29 is 9.53 Å². The molecule has 15 heavy (non-hydrogen) atoms. The molecule has 6 nitrogen and oxygen atoms in total. The number of hydrogen-bond donors (Lipinski definition) is 2. The lowest BCUT2D eigenvalue weighted by Crippen LogP contribution is -2.32. The van der Waals surface area contributed by atoms with Crippen molar-refractivity contribution in [1.82, 2.24) is 14.9 Å². The first kappa shape index (κ1) is 11.5. The van der Waals surface area contributed by atoms with E-state index in [1.54, 1.807) is 13.3 Å². The molecule has 0 bridgehead atoms. The normalized spacial score (nSPS) is 10.0. The lowest BCUT2D eigenvalue weighted by molar-refractivity contribution is -0.119. The van der Waals surface area contributed by atoms with Gasteiger partial charge in [0.2, 0.25) is 11.9 Å². The molecule has 0 aromatic carbocycles. The third-order valence-electron chi connectivity index (χ3n) is 1.86. The summed E-state index contributed by atoms with van der Waals surface area (Å²) in [5, 5.41) is 5.62. The summed E-state index contributed by atoms with van der Waals surface area (Å²) in [5.74, 6) is 0.604. The molecule has 1 aromatic heterocycles. The minimum atomic E-state index is -0.0740. The molecule has 0 atom stereocenters. The summed E-state index contributed by atoms with van der Waals surface area (Å²) in [7, 11) is 3.45. The van der Waals surface area contributed by atoms with Gasteiger partial charge in [0.15, 0.2) is 0 Å². The molecule has 0 aliphatic carbocycles. The van der Waals surface area contributed by atoms with Crippen molar-refractivity contribution in [2.75, 3.05) is 32.1 Å². The monoisotopic (exact) mass is 212 g/mol. The molecule has 0 fully saturated rings. The molecule has 0 unspecified atom stereocenters. The van der Waals surface area contributed by atoms with Gasteiger partial charge < -0.3 is 19.9 Å². The fourth-order valence-electron chi connectivity index (χ4n) is 1.05. The minimum Gasteiger partial charge on any atom is -0.383 e. The van der Waals surface area contributed by atoms with Gasteiger partial charge in [0.25, 0.3) is 0 Å². The number of aryl methyl sites for hydroxylation is 1. The van der Waals surface area contributed by atoms with Crippen LogP contribution in [0.2, 0.25) is 0 Å². The Bertz CT molecular complexity index is 311. The molecule has 6 heteroatoms. The number of imidazole rings is 1. The van der Waals surface area contributed by atoms with Crippen LogP contribution in [0.1, 0.15) is 0 Å². The van der Waals surface area contributed by atoms with Crippen molar-refractivity contribution in [3.63, 3.8) is 0 Å². The van der Waals surface area contributed by atoms with E-state index >= 15 is 0 Å². The summed E-state index contributed by atoms with van der Waals surface area (Å²) in [6.07, 6.45) is 3.48. The van der Waals surface area contributed by atoms with Gasteiger partial charge in [0.1, 0.15) is 0 Å². The number of anilines is 1. The van der Waals surface area contributed by atoms with E-state index in [9.17, 15) is 4.79 Å². The fraction of sp³-hybridized carbons (Fsp3) is 0.556. The number of aromatic nitrogens is 2. The summed E-state index contributed by atoms with van der Waals surface area (Å²) in [5.41, 5.74) is 0. The number of amides is 1. The second kappa shape index (κ2) is 6.02. The average Bonchev–Trinajstić information content (AvgIpc) is 2.61. The van der Waals surface area contributed by atoms with Gasteiger partial charge in [-0.25, -0.2) is 4.98 Å². The number of nitrogens with one attached hydrogen (secondary N) is 2. The van der Waals surface area contributed by atoms with E-state index in [1.165, 1.54) is 0 Å². The second-order valence-electron chi connectivity index (χ2n) is 3.06. The van der Waals surface area contributed by atoms with E-state index in [0.29, 0.717) is 19.1 Å². The standard InChI is InChI=1S/C9H16N4O2/c1-13-5-3-11-9(13)12-7-8(14)10-4-6-15-2/h3,5H,4,6-7H2,1-2H3,(H,10,14)(H,11,12). The molecule has 0 aliphatic rings. The summed E-state index contributed by atoms with van der Waals surface area (Å²) in [6, 6.07) is 0. The van der Waals surface area contributed by atoms with Gasteiger partial charge in [-0.2, -0.15) is 0 Å². The Morgan fingerprint density at radius 1 is 1.67 bits per heavy atom. The quantitative estimate of drug-likeness (QED) is 0.629. The van der Waals surface area contributed by atoms with Crippen LogP contribution in [0.4, 0.5) is 5.95 Å². The van der Waals surface area contributed by atoms with Crippen molar-refractivity contribution in [3.8, 4) is 0 Å². The van der Waals surface area contributed by atoms with Gasteiger partial charge in [0, 0.05) is 33.1 Å². The number of carbonyl (C=O) groups is 1. The molecule has 2 N–H and O–H groups in total. The lowest BCUT2D eigenvalue weighted by atomic mass is 10.5. The van der Waals surface area contributed by atoms with E-state index in [-0.39, 0.29) is 12.5 Å². The Balaban J connectivity index is 2.20. The number of ether oxygens (including phenoxy) is 1. The van der Waals surface area contributed by atoms with Crippen LogP contribution in [0.15, 0.2) is 12.4 Å². The molecule has 0 saturated heterocycles. The maximum Gasteiger partial charge on any atom is 0.239 e. The maximum atomic E-state index is 11.3. The van der Waals surface area contributed by atoms with Crippen molar-refractivity contribution in [1.29, 1.82) is 0 Å². The zero-order valence-corrected chi connectivity index (χ0v) is 8.99. The van der Waals surface area contributed by atoms with Crippen molar-refractivity contribution in [2.45, 2.75) is 0 Å². The van der Waals surface area contributed by atoms with Crippen LogP contribution in [0, 0.1) is 0 Å². The molecule has 0 saturated carbocycles. The van der Waals surface area contributed by atoms with Crippen LogP contribution in [0.3, 0.4) is 0 Å². The average molecular weight is 212 g/mol. The predicted octanol–water partition coefficient (Wildman–Crippen LogP) is -0.405. The van der Waals surface area contributed by atoms with E-state index in [0.717, 1.165) is 0 Å². The van der Waals surface area contributed by atoms with Crippen LogP contribution < -0.4 is 10.6 Å². The number of methoxy groups -OCH3 is 1. The number of rotatable bonds is 6. The van der Waals surface area contributed by atoms with E-state index < -0.39 is 0 Å². The number of hydrogen-bond acceptors (Lipinski definition) is 4. The summed E-state index contributed by atoms with van der Waals surface area (Å²) < 4.78 is 6.62. The van der Waals surface area contributed by atoms with E-state index in [2.05, 4.69) is 15.6 Å².